The van der Waals surface area contributed by atoms with Crippen LogP contribution in [0.4, 0.5) is 0 Å². The minimum absolute atomic E-state index is 0.0466. The van der Waals surface area contributed by atoms with Crippen LogP contribution in [-0.2, 0) is 4.79 Å². The van der Waals surface area contributed by atoms with E-state index in [1.807, 2.05) is 6.92 Å². The molecule has 2 N–H and O–H groups in total. The minimum atomic E-state index is -0.0466. The van der Waals surface area contributed by atoms with Crippen LogP contribution in [0.3, 0.4) is 0 Å². The quantitative estimate of drug-likeness (QED) is 0.802. The Morgan fingerprint density at radius 2 is 1.72 bits per heavy atom. The zero-order chi connectivity index (χ0) is 12.7. The lowest BCUT2D eigenvalue weighted by Crippen LogP contribution is -2.52. The number of carbonyl (C=O) groups excluding carboxylic acids is 1. The van der Waals surface area contributed by atoms with Gasteiger partial charge in [0.15, 0.2) is 0 Å². The van der Waals surface area contributed by atoms with Gasteiger partial charge in [-0.05, 0) is 62.2 Å². The predicted octanol–water partition coefficient (Wildman–Crippen LogP) is 1.95. The van der Waals surface area contributed by atoms with Crippen LogP contribution in [0.25, 0.3) is 0 Å². The Bertz CT molecular complexity index is 296. The monoisotopic (exact) mass is 251 g/mol. The van der Waals surface area contributed by atoms with E-state index in [9.17, 15) is 9.90 Å². The Morgan fingerprint density at radius 1 is 1.17 bits per heavy atom. The molecule has 0 aliphatic heterocycles. The van der Waals surface area contributed by atoms with Crippen LogP contribution >= 0.6 is 0 Å². The number of nitrogens with one attached hydrogen (secondary N) is 1. The average molecular weight is 251 g/mol. The summed E-state index contributed by atoms with van der Waals surface area (Å²) in [4.78, 5) is 12.4. The van der Waals surface area contributed by atoms with Crippen molar-refractivity contribution in [1.29, 1.82) is 0 Å². The molecule has 4 bridgehead atoms. The van der Waals surface area contributed by atoms with Crippen LogP contribution in [0, 0.1) is 29.6 Å². The van der Waals surface area contributed by atoms with E-state index in [2.05, 4.69) is 5.32 Å². The molecule has 4 aliphatic carbocycles. The van der Waals surface area contributed by atoms with Gasteiger partial charge in [0.05, 0.1) is 12.6 Å². The lowest BCUT2D eigenvalue weighted by molar-refractivity contribution is -0.139. The first-order valence-electron chi connectivity index (χ1n) is 7.62. The summed E-state index contributed by atoms with van der Waals surface area (Å²) in [6.07, 6.45) is 7.36. The highest BCUT2D eigenvalue weighted by Crippen LogP contribution is 2.56. The van der Waals surface area contributed by atoms with Gasteiger partial charge in [-0.3, -0.25) is 4.79 Å². The number of amides is 1. The molecule has 102 valence electrons. The van der Waals surface area contributed by atoms with Gasteiger partial charge in [-0.1, -0.05) is 6.92 Å². The van der Waals surface area contributed by atoms with Gasteiger partial charge in [-0.2, -0.15) is 0 Å². The van der Waals surface area contributed by atoms with Crippen LogP contribution in [0.1, 0.15) is 45.4 Å². The maximum Gasteiger partial charge on any atom is 0.223 e. The van der Waals surface area contributed by atoms with Crippen LogP contribution in [0.15, 0.2) is 0 Å². The van der Waals surface area contributed by atoms with E-state index in [1.54, 1.807) is 0 Å². The number of hydrogen-bond acceptors (Lipinski definition) is 2. The van der Waals surface area contributed by atoms with Crippen molar-refractivity contribution in [3.63, 3.8) is 0 Å². The second kappa shape index (κ2) is 4.84. The van der Waals surface area contributed by atoms with E-state index < -0.39 is 0 Å². The maximum absolute atomic E-state index is 12.4. The third kappa shape index (κ3) is 2.07. The van der Waals surface area contributed by atoms with Gasteiger partial charge < -0.3 is 10.4 Å². The molecule has 4 aliphatic rings. The second-order valence-corrected chi connectivity index (χ2v) is 6.75. The van der Waals surface area contributed by atoms with Crippen LogP contribution < -0.4 is 5.32 Å². The highest BCUT2D eigenvalue weighted by molar-refractivity contribution is 5.80. The van der Waals surface area contributed by atoms with Crippen molar-refractivity contribution in [3.05, 3.63) is 0 Å². The summed E-state index contributed by atoms with van der Waals surface area (Å²) in [5, 5.41) is 12.3. The molecule has 4 rings (SSSR count). The van der Waals surface area contributed by atoms with E-state index in [0.29, 0.717) is 11.8 Å². The van der Waals surface area contributed by atoms with Crippen molar-refractivity contribution in [2.24, 2.45) is 29.6 Å². The number of hydrogen-bond donors (Lipinski definition) is 2. The Hall–Kier alpha value is -0.570. The molecular formula is C15H25NO2. The van der Waals surface area contributed by atoms with Crippen molar-refractivity contribution in [2.75, 3.05) is 6.61 Å². The molecule has 18 heavy (non-hydrogen) atoms. The zero-order valence-corrected chi connectivity index (χ0v) is 11.3. The molecule has 0 spiro atoms. The van der Waals surface area contributed by atoms with Gasteiger partial charge in [0.1, 0.15) is 0 Å². The number of carbonyl (C=O) groups is 1. The third-order valence-corrected chi connectivity index (χ3v) is 5.59. The van der Waals surface area contributed by atoms with E-state index in [0.717, 1.165) is 18.3 Å². The molecular weight excluding hydrogens is 226 g/mol. The molecule has 0 aromatic rings. The fourth-order valence-corrected chi connectivity index (χ4v) is 4.93. The number of aliphatic hydroxyl groups is 1. The Balaban J connectivity index is 1.67. The Kier molecular flexibility index (Phi) is 3.35. The van der Waals surface area contributed by atoms with Crippen molar-refractivity contribution in [1.82, 2.24) is 5.32 Å². The normalized spacial score (nSPS) is 42.9. The van der Waals surface area contributed by atoms with Crippen LogP contribution in [0.5, 0.6) is 0 Å². The topological polar surface area (TPSA) is 49.3 Å². The average Bonchev–Trinajstić information content (AvgIpc) is 2.34. The van der Waals surface area contributed by atoms with Gasteiger partial charge in [0.2, 0.25) is 5.91 Å². The fourth-order valence-electron chi connectivity index (χ4n) is 4.93. The lowest BCUT2D eigenvalue weighted by Gasteiger charge is -2.53. The number of rotatable bonds is 4. The first-order valence-corrected chi connectivity index (χ1v) is 7.62. The van der Waals surface area contributed by atoms with Gasteiger partial charge in [-0.25, -0.2) is 0 Å². The van der Waals surface area contributed by atoms with E-state index >= 15 is 0 Å². The van der Waals surface area contributed by atoms with Crippen molar-refractivity contribution >= 4 is 5.91 Å². The first kappa shape index (κ1) is 12.5. The Morgan fingerprint density at radius 3 is 2.17 bits per heavy atom. The molecule has 4 saturated carbocycles. The molecule has 0 unspecified atom stereocenters. The standard InChI is InChI=1S/C15H25NO2/c1-2-13(8-17)16-15(18)14-11-4-9-3-10(6-11)7-12(14)5-9/h9-14,17H,2-8H2,1H3,(H,16,18)/t9?,10?,11?,12?,13-,14?/m1/s1. The summed E-state index contributed by atoms with van der Waals surface area (Å²) in [5.74, 6) is 3.57. The van der Waals surface area contributed by atoms with Gasteiger partial charge in [-0.15, -0.1) is 0 Å². The van der Waals surface area contributed by atoms with Gasteiger partial charge >= 0.3 is 0 Å². The predicted molar refractivity (Wildman–Crippen MR) is 69.8 cm³/mol. The molecule has 1 amide bonds. The SMILES string of the molecule is CC[C@H](CO)NC(=O)C1C2CC3CC(C2)CC1C3. The fraction of sp³-hybridized carbons (Fsp3) is 0.933. The number of aliphatic hydroxyl groups excluding tert-OH is 1. The molecule has 0 aromatic heterocycles. The summed E-state index contributed by atoms with van der Waals surface area (Å²) >= 11 is 0. The minimum Gasteiger partial charge on any atom is -0.394 e. The highest BCUT2D eigenvalue weighted by Gasteiger charge is 2.50. The molecule has 0 aromatic carbocycles. The van der Waals surface area contributed by atoms with Crippen LogP contribution in [-0.4, -0.2) is 23.7 Å². The molecule has 4 fully saturated rings. The summed E-state index contributed by atoms with van der Waals surface area (Å²) in [5.41, 5.74) is 0. The maximum atomic E-state index is 12.4. The van der Waals surface area contributed by atoms with Gasteiger partial charge in [0, 0.05) is 5.92 Å². The van der Waals surface area contributed by atoms with Gasteiger partial charge in [0.25, 0.3) is 0 Å². The smallest absolute Gasteiger partial charge is 0.223 e. The largest absolute Gasteiger partial charge is 0.394 e. The third-order valence-electron chi connectivity index (χ3n) is 5.59. The van der Waals surface area contributed by atoms with Crippen molar-refractivity contribution in [3.8, 4) is 0 Å². The zero-order valence-electron chi connectivity index (χ0n) is 11.3. The van der Waals surface area contributed by atoms with Crippen molar-refractivity contribution < 1.29 is 9.90 Å². The second-order valence-electron chi connectivity index (χ2n) is 6.75. The van der Waals surface area contributed by atoms with Crippen LogP contribution in [0.2, 0.25) is 0 Å². The summed E-state index contributed by atoms with van der Waals surface area (Å²) in [6.45, 7) is 2.08. The molecule has 3 nitrogen and oxygen atoms in total. The first-order chi connectivity index (χ1) is 8.71. The van der Waals surface area contributed by atoms with E-state index in [1.165, 1.54) is 32.1 Å². The highest BCUT2D eigenvalue weighted by atomic mass is 16.3. The lowest BCUT2D eigenvalue weighted by atomic mass is 9.51. The Labute approximate surface area is 109 Å². The molecule has 3 heteroatoms. The molecule has 1 atom stereocenters. The van der Waals surface area contributed by atoms with E-state index in [-0.39, 0.29) is 24.5 Å². The molecule has 0 saturated heterocycles. The molecule has 0 heterocycles. The molecule has 0 radical (unpaired) electrons. The van der Waals surface area contributed by atoms with Crippen molar-refractivity contribution in [2.45, 2.75) is 51.5 Å². The summed E-state index contributed by atoms with van der Waals surface area (Å²) < 4.78 is 0. The summed E-state index contributed by atoms with van der Waals surface area (Å²) in [6, 6.07) is -0.0466. The summed E-state index contributed by atoms with van der Waals surface area (Å²) in [7, 11) is 0. The van der Waals surface area contributed by atoms with E-state index in [4.69, 9.17) is 0 Å².